The van der Waals surface area contributed by atoms with Gasteiger partial charge in [0.15, 0.2) is 0 Å². The zero-order valence-electron chi connectivity index (χ0n) is 13.9. The Morgan fingerprint density at radius 3 is 1.48 bits per heavy atom. The lowest BCUT2D eigenvalue weighted by atomic mass is 9.77. The summed E-state index contributed by atoms with van der Waals surface area (Å²) in [5.74, 6) is 1.25. The van der Waals surface area contributed by atoms with E-state index < -0.39 is 0 Å². The maximum Gasteiger partial charge on any atom is 0.0117 e. The van der Waals surface area contributed by atoms with Crippen LogP contribution in [-0.2, 0) is 0 Å². The van der Waals surface area contributed by atoms with Crippen LogP contribution in [0.1, 0.15) is 61.3 Å². The molecular formula is C21H28. The summed E-state index contributed by atoms with van der Waals surface area (Å²) in [4.78, 5) is 0. The van der Waals surface area contributed by atoms with E-state index >= 15 is 0 Å². The molecule has 2 rings (SSSR count). The highest BCUT2D eigenvalue weighted by Crippen LogP contribution is 2.36. The molecule has 0 aliphatic carbocycles. The van der Waals surface area contributed by atoms with E-state index in [0.717, 1.165) is 5.92 Å². The van der Waals surface area contributed by atoms with Gasteiger partial charge in [-0.15, -0.1) is 0 Å². The number of benzene rings is 2. The molecule has 0 spiro atoms. The molecule has 1 atom stereocenters. The van der Waals surface area contributed by atoms with Crippen molar-refractivity contribution in [1.82, 2.24) is 0 Å². The van der Waals surface area contributed by atoms with Crippen molar-refractivity contribution >= 4 is 0 Å². The predicted molar refractivity (Wildman–Crippen MR) is 92.9 cm³/mol. The highest BCUT2D eigenvalue weighted by Gasteiger charge is 2.22. The van der Waals surface area contributed by atoms with Gasteiger partial charge in [0.2, 0.25) is 0 Å². The largest absolute Gasteiger partial charge is 0.0654 e. The molecule has 0 nitrogen and oxygen atoms in total. The molecule has 1 unspecified atom stereocenters. The van der Waals surface area contributed by atoms with Crippen molar-refractivity contribution in [3.63, 3.8) is 0 Å². The zero-order valence-corrected chi connectivity index (χ0v) is 13.9. The smallest absolute Gasteiger partial charge is 0.0117 e. The molecule has 2 aromatic carbocycles. The summed E-state index contributed by atoms with van der Waals surface area (Å²) in [6.07, 6.45) is 3.79. The lowest BCUT2D eigenvalue weighted by Crippen LogP contribution is -2.14. The Kier molecular flexibility index (Phi) is 5.61. The molecule has 0 heterocycles. The highest BCUT2D eigenvalue weighted by molar-refractivity contribution is 5.36. The average Bonchev–Trinajstić information content (AvgIpc) is 2.50. The number of hydrogen-bond acceptors (Lipinski definition) is 0. The minimum Gasteiger partial charge on any atom is -0.0654 e. The van der Waals surface area contributed by atoms with Gasteiger partial charge in [0.25, 0.3) is 0 Å². The van der Waals surface area contributed by atoms with Crippen LogP contribution in [0.5, 0.6) is 0 Å². The molecule has 0 aliphatic rings. The maximum atomic E-state index is 2.33. The summed E-state index contributed by atoms with van der Waals surface area (Å²) in [5, 5.41) is 0. The monoisotopic (exact) mass is 280 g/mol. The SMILES string of the molecule is CCCC(CC)C(c1ccc(C)cc1)c1ccc(C)cc1. The summed E-state index contributed by atoms with van der Waals surface area (Å²) in [5.41, 5.74) is 5.60. The van der Waals surface area contributed by atoms with Gasteiger partial charge in [0, 0.05) is 5.92 Å². The second-order valence-corrected chi connectivity index (χ2v) is 6.26. The normalized spacial score (nSPS) is 12.6. The highest BCUT2D eigenvalue weighted by atomic mass is 14.3. The van der Waals surface area contributed by atoms with E-state index in [2.05, 4.69) is 76.2 Å². The Morgan fingerprint density at radius 2 is 1.14 bits per heavy atom. The van der Waals surface area contributed by atoms with Gasteiger partial charge in [-0.2, -0.15) is 0 Å². The third-order valence-electron chi connectivity index (χ3n) is 4.53. The summed E-state index contributed by atoms with van der Waals surface area (Å²) in [6.45, 7) is 8.95. The van der Waals surface area contributed by atoms with E-state index in [-0.39, 0.29) is 0 Å². The summed E-state index contributed by atoms with van der Waals surface area (Å²) in [7, 11) is 0. The minimum atomic E-state index is 0.524. The molecule has 0 N–H and O–H groups in total. The summed E-state index contributed by atoms with van der Waals surface area (Å²) in [6, 6.07) is 18.3. The first-order valence-electron chi connectivity index (χ1n) is 8.28. The van der Waals surface area contributed by atoms with Gasteiger partial charge < -0.3 is 0 Å². The number of rotatable bonds is 6. The van der Waals surface area contributed by atoms with Gasteiger partial charge in [0.1, 0.15) is 0 Å². The van der Waals surface area contributed by atoms with Crippen LogP contribution in [0.25, 0.3) is 0 Å². The van der Waals surface area contributed by atoms with Gasteiger partial charge >= 0.3 is 0 Å². The Morgan fingerprint density at radius 1 is 0.714 bits per heavy atom. The van der Waals surface area contributed by atoms with Crippen LogP contribution < -0.4 is 0 Å². The van der Waals surface area contributed by atoms with E-state index in [9.17, 15) is 0 Å². The van der Waals surface area contributed by atoms with Crippen LogP contribution in [0.4, 0.5) is 0 Å². The Hall–Kier alpha value is -1.56. The fraction of sp³-hybridized carbons (Fsp3) is 0.429. The van der Waals surface area contributed by atoms with Crippen molar-refractivity contribution < 1.29 is 0 Å². The molecule has 0 saturated heterocycles. The first-order valence-corrected chi connectivity index (χ1v) is 8.28. The number of hydrogen-bond donors (Lipinski definition) is 0. The summed E-state index contributed by atoms with van der Waals surface area (Å²) >= 11 is 0. The molecule has 21 heavy (non-hydrogen) atoms. The van der Waals surface area contributed by atoms with Gasteiger partial charge in [-0.25, -0.2) is 0 Å². The minimum absolute atomic E-state index is 0.524. The van der Waals surface area contributed by atoms with Crippen molar-refractivity contribution in [2.75, 3.05) is 0 Å². The fourth-order valence-corrected chi connectivity index (χ4v) is 3.26. The molecule has 0 saturated carbocycles. The van der Waals surface area contributed by atoms with Crippen molar-refractivity contribution in [2.24, 2.45) is 5.92 Å². The Labute approximate surface area is 130 Å². The third-order valence-corrected chi connectivity index (χ3v) is 4.53. The first-order chi connectivity index (χ1) is 10.2. The Balaban J connectivity index is 2.42. The van der Waals surface area contributed by atoms with Gasteiger partial charge in [-0.3, -0.25) is 0 Å². The Bertz CT molecular complexity index is 488. The number of aryl methyl sites for hydroxylation is 2. The van der Waals surface area contributed by atoms with Crippen LogP contribution in [-0.4, -0.2) is 0 Å². The third kappa shape index (κ3) is 3.97. The van der Waals surface area contributed by atoms with Crippen LogP contribution in [0, 0.1) is 19.8 Å². The first kappa shape index (κ1) is 15.8. The molecule has 112 valence electrons. The molecule has 2 aromatic rings. The van der Waals surface area contributed by atoms with Crippen molar-refractivity contribution in [3.8, 4) is 0 Å². The molecule has 0 fully saturated rings. The van der Waals surface area contributed by atoms with E-state index in [1.54, 1.807) is 0 Å². The van der Waals surface area contributed by atoms with Crippen molar-refractivity contribution in [1.29, 1.82) is 0 Å². The lowest BCUT2D eigenvalue weighted by molar-refractivity contribution is 0.416. The van der Waals surface area contributed by atoms with Gasteiger partial charge in [0.05, 0.1) is 0 Å². The second kappa shape index (κ2) is 7.45. The molecular weight excluding hydrogens is 252 g/mol. The van der Waals surface area contributed by atoms with Gasteiger partial charge in [-0.05, 0) is 37.3 Å². The average molecular weight is 280 g/mol. The van der Waals surface area contributed by atoms with Crippen molar-refractivity contribution in [2.45, 2.75) is 52.9 Å². The van der Waals surface area contributed by atoms with E-state index in [1.165, 1.54) is 41.5 Å². The molecule has 0 aromatic heterocycles. The molecule has 0 amide bonds. The predicted octanol–water partition coefficient (Wildman–Crippen LogP) is 6.26. The van der Waals surface area contributed by atoms with E-state index in [0.29, 0.717) is 5.92 Å². The zero-order chi connectivity index (χ0) is 15.2. The van der Waals surface area contributed by atoms with Crippen LogP contribution in [0.2, 0.25) is 0 Å². The quantitative estimate of drug-likeness (QED) is 0.585. The van der Waals surface area contributed by atoms with Crippen LogP contribution in [0.15, 0.2) is 48.5 Å². The standard InChI is InChI=1S/C21H28/c1-5-7-18(6-2)21(19-12-8-16(3)9-13-19)20-14-10-17(4)11-15-20/h8-15,18,21H,5-7H2,1-4H3. The molecule has 0 bridgehead atoms. The maximum absolute atomic E-state index is 2.33. The van der Waals surface area contributed by atoms with Crippen LogP contribution in [0.3, 0.4) is 0 Å². The topological polar surface area (TPSA) is 0 Å². The molecule has 0 radical (unpaired) electrons. The van der Waals surface area contributed by atoms with E-state index in [1.807, 2.05) is 0 Å². The van der Waals surface area contributed by atoms with Gasteiger partial charge in [-0.1, -0.05) is 86.3 Å². The van der Waals surface area contributed by atoms with E-state index in [4.69, 9.17) is 0 Å². The fourth-order valence-electron chi connectivity index (χ4n) is 3.26. The second-order valence-electron chi connectivity index (χ2n) is 6.26. The molecule has 0 aliphatic heterocycles. The lowest BCUT2D eigenvalue weighted by Gasteiger charge is -2.27. The van der Waals surface area contributed by atoms with Crippen molar-refractivity contribution in [3.05, 3.63) is 70.8 Å². The molecule has 0 heteroatoms. The summed E-state index contributed by atoms with van der Waals surface area (Å²) < 4.78 is 0. The van der Waals surface area contributed by atoms with Crippen LogP contribution >= 0.6 is 0 Å².